The predicted molar refractivity (Wildman–Crippen MR) is 261 cm³/mol. The second kappa shape index (κ2) is 22.1. The van der Waals surface area contributed by atoms with E-state index in [1.165, 1.54) is 0 Å². The SMILES string of the molecule is C=CCN(CC=C)c1ccc(-c2[c]ccc(N(c3ccc(N(CC=C)CC=C)cc3)c3ccc(N(CC=C)CC=C)cc3)c2-c2ccc(N(CC=C)CC=C)cc2)cc1. The van der Waals surface area contributed by atoms with E-state index in [9.17, 15) is 0 Å². The van der Waals surface area contributed by atoms with E-state index in [0.29, 0.717) is 0 Å². The van der Waals surface area contributed by atoms with Crippen LogP contribution in [-0.2, 0) is 0 Å². The van der Waals surface area contributed by atoms with Gasteiger partial charge < -0.3 is 24.5 Å². The zero-order chi connectivity index (χ0) is 42.0. The Morgan fingerprint density at radius 3 is 0.915 bits per heavy atom. The summed E-state index contributed by atoms with van der Waals surface area (Å²) in [7, 11) is 0. The Morgan fingerprint density at radius 1 is 0.339 bits per heavy atom. The van der Waals surface area contributed by atoms with Gasteiger partial charge in [0.15, 0.2) is 0 Å². The number of benzene rings is 5. The molecular formula is C54H58N5. The minimum absolute atomic E-state index is 0.717. The molecule has 0 aliphatic heterocycles. The van der Waals surface area contributed by atoms with E-state index in [4.69, 9.17) is 0 Å². The van der Waals surface area contributed by atoms with Crippen molar-refractivity contribution in [1.29, 1.82) is 0 Å². The average molecular weight is 777 g/mol. The monoisotopic (exact) mass is 776 g/mol. The zero-order valence-electron chi connectivity index (χ0n) is 34.6. The van der Waals surface area contributed by atoms with E-state index in [1.807, 2.05) is 54.7 Å². The van der Waals surface area contributed by atoms with Gasteiger partial charge in [0.1, 0.15) is 0 Å². The van der Waals surface area contributed by atoms with Gasteiger partial charge in [-0.25, -0.2) is 0 Å². The largest absolute Gasteiger partial charge is 0.364 e. The second-order valence-corrected chi connectivity index (χ2v) is 14.0. The Labute approximate surface area is 354 Å². The number of nitrogens with zero attached hydrogens (tertiary/aromatic N) is 5. The summed E-state index contributed by atoms with van der Waals surface area (Å²) in [6.45, 7) is 37.6. The minimum atomic E-state index is 0.717. The molecule has 0 bridgehead atoms. The lowest BCUT2D eigenvalue weighted by atomic mass is 9.91. The van der Waals surface area contributed by atoms with Crippen molar-refractivity contribution >= 4 is 39.8 Å². The summed E-state index contributed by atoms with van der Waals surface area (Å²) in [6.07, 6.45) is 15.4. The topological polar surface area (TPSA) is 16.2 Å². The standard InChI is InChI=1S/C54H58N5/c1-9-36-55(37-10-2)46-24-20-44(21-25-46)52-18-17-19-53(54(52)45-22-26-47(27-23-45)56(38-11-3)39-12-4)59(50-32-28-48(29-33-50)57(40-13-5)41-14-6)51-34-30-49(31-35-51)58(42-15-7)43-16-8/h9-17,19-35H,1-8,36-43H2. The molecule has 0 aliphatic carbocycles. The maximum Gasteiger partial charge on any atom is 0.0546 e. The fourth-order valence-corrected chi connectivity index (χ4v) is 7.31. The molecule has 0 N–H and O–H groups in total. The van der Waals surface area contributed by atoms with Crippen LogP contribution in [0, 0.1) is 6.07 Å². The number of rotatable bonds is 25. The highest BCUT2D eigenvalue weighted by atomic mass is 15.2. The van der Waals surface area contributed by atoms with Crippen LogP contribution in [0.3, 0.4) is 0 Å². The van der Waals surface area contributed by atoms with Crippen LogP contribution in [0.5, 0.6) is 0 Å². The first-order valence-electron chi connectivity index (χ1n) is 20.1. The molecule has 1 radical (unpaired) electrons. The molecule has 0 atom stereocenters. The minimum Gasteiger partial charge on any atom is -0.364 e. The van der Waals surface area contributed by atoms with E-state index in [2.05, 4.69) is 186 Å². The van der Waals surface area contributed by atoms with Crippen LogP contribution in [0.1, 0.15) is 0 Å². The summed E-state index contributed by atoms with van der Waals surface area (Å²) in [5, 5.41) is 0. The maximum atomic E-state index is 3.99. The molecule has 59 heavy (non-hydrogen) atoms. The predicted octanol–water partition coefficient (Wildman–Crippen LogP) is 13.0. The van der Waals surface area contributed by atoms with Gasteiger partial charge >= 0.3 is 0 Å². The molecule has 0 unspecified atom stereocenters. The third-order valence-electron chi connectivity index (χ3n) is 10.0. The van der Waals surface area contributed by atoms with E-state index < -0.39 is 0 Å². The third kappa shape index (κ3) is 10.7. The van der Waals surface area contributed by atoms with Crippen LogP contribution < -0.4 is 24.5 Å². The van der Waals surface area contributed by atoms with E-state index in [1.54, 1.807) is 0 Å². The quantitative estimate of drug-likeness (QED) is 0.0547. The lowest BCUT2D eigenvalue weighted by Gasteiger charge is -2.31. The molecule has 0 saturated carbocycles. The van der Waals surface area contributed by atoms with Gasteiger partial charge in [0.25, 0.3) is 0 Å². The van der Waals surface area contributed by atoms with E-state index in [0.717, 1.165) is 114 Å². The molecule has 0 heterocycles. The van der Waals surface area contributed by atoms with Crippen molar-refractivity contribution in [1.82, 2.24) is 0 Å². The van der Waals surface area contributed by atoms with Gasteiger partial charge in [-0.05, 0) is 102 Å². The van der Waals surface area contributed by atoms with E-state index in [-0.39, 0.29) is 0 Å². The number of hydrogen-bond acceptors (Lipinski definition) is 5. The number of hydrogen-bond donors (Lipinski definition) is 0. The molecule has 5 aromatic carbocycles. The lowest BCUT2D eigenvalue weighted by Crippen LogP contribution is -2.23. The van der Waals surface area contributed by atoms with Crippen LogP contribution in [0.4, 0.5) is 39.8 Å². The highest BCUT2D eigenvalue weighted by molar-refractivity contribution is 5.97. The van der Waals surface area contributed by atoms with Crippen molar-refractivity contribution in [3.63, 3.8) is 0 Å². The molecule has 0 amide bonds. The Bertz CT molecular complexity index is 2070. The third-order valence-corrected chi connectivity index (χ3v) is 10.0. The molecule has 299 valence electrons. The molecule has 5 nitrogen and oxygen atoms in total. The van der Waals surface area contributed by atoms with Crippen molar-refractivity contribution in [3.05, 3.63) is 217 Å². The van der Waals surface area contributed by atoms with Crippen molar-refractivity contribution < 1.29 is 0 Å². The number of anilines is 7. The Hall–Kier alpha value is -6.98. The van der Waals surface area contributed by atoms with Gasteiger partial charge in [0, 0.05) is 92.0 Å². The molecule has 0 aromatic heterocycles. The average Bonchev–Trinajstić information content (AvgIpc) is 3.27. The van der Waals surface area contributed by atoms with Gasteiger partial charge in [-0.3, -0.25) is 0 Å². The smallest absolute Gasteiger partial charge is 0.0546 e. The van der Waals surface area contributed by atoms with Crippen LogP contribution in [0.15, 0.2) is 210 Å². The van der Waals surface area contributed by atoms with Crippen LogP contribution in [0.2, 0.25) is 0 Å². The molecule has 5 heteroatoms. The second-order valence-electron chi connectivity index (χ2n) is 14.0. The highest BCUT2D eigenvalue weighted by Crippen LogP contribution is 2.46. The fraction of sp³-hybridized carbons (Fsp3) is 0.148. The first kappa shape index (κ1) is 43.1. The van der Waals surface area contributed by atoms with Gasteiger partial charge in [0.2, 0.25) is 0 Å². The maximum absolute atomic E-state index is 3.99. The van der Waals surface area contributed by atoms with Gasteiger partial charge in [0.05, 0.1) is 5.69 Å². The van der Waals surface area contributed by atoms with Crippen molar-refractivity contribution in [2.75, 3.05) is 76.9 Å². The molecular weight excluding hydrogens is 719 g/mol. The summed E-state index contributed by atoms with van der Waals surface area (Å²) < 4.78 is 0. The van der Waals surface area contributed by atoms with Crippen LogP contribution >= 0.6 is 0 Å². The van der Waals surface area contributed by atoms with Crippen molar-refractivity contribution in [2.45, 2.75) is 0 Å². The van der Waals surface area contributed by atoms with Crippen molar-refractivity contribution in [2.24, 2.45) is 0 Å². The molecule has 0 saturated heterocycles. The Morgan fingerprint density at radius 2 is 0.610 bits per heavy atom. The first-order chi connectivity index (χ1) is 28.9. The highest BCUT2D eigenvalue weighted by Gasteiger charge is 2.22. The van der Waals surface area contributed by atoms with E-state index >= 15 is 0 Å². The lowest BCUT2D eigenvalue weighted by molar-refractivity contribution is 0.956. The normalized spacial score (nSPS) is 10.4. The van der Waals surface area contributed by atoms with Crippen molar-refractivity contribution in [3.8, 4) is 22.3 Å². The molecule has 0 spiro atoms. The molecule has 5 aromatic rings. The fourth-order valence-electron chi connectivity index (χ4n) is 7.31. The Kier molecular flexibility index (Phi) is 16.2. The van der Waals surface area contributed by atoms with Gasteiger partial charge in [-0.1, -0.05) is 78.9 Å². The summed E-state index contributed by atoms with van der Waals surface area (Å²) in [6, 6.07) is 42.9. The van der Waals surface area contributed by atoms with Crippen LogP contribution in [0.25, 0.3) is 22.3 Å². The summed E-state index contributed by atoms with van der Waals surface area (Å²) in [5.41, 5.74) is 11.6. The van der Waals surface area contributed by atoms with Gasteiger partial charge in [-0.2, -0.15) is 0 Å². The molecule has 0 aliphatic rings. The first-order valence-corrected chi connectivity index (χ1v) is 20.1. The summed E-state index contributed by atoms with van der Waals surface area (Å²) >= 11 is 0. The Balaban J connectivity index is 1.75. The summed E-state index contributed by atoms with van der Waals surface area (Å²) in [4.78, 5) is 11.3. The van der Waals surface area contributed by atoms with Gasteiger partial charge in [-0.15, -0.1) is 52.6 Å². The summed E-state index contributed by atoms with van der Waals surface area (Å²) in [5.74, 6) is 0. The zero-order valence-corrected chi connectivity index (χ0v) is 34.6. The van der Waals surface area contributed by atoms with Crippen LogP contribution in [-0.4, -0.2) is 52.4 Å². The molecule has 0 fully saturated rings. The molecule has 5 rings (SSSR count).